The standard InChI is InChI=1S/C12H13N3O/c1-16-11-6-3-2-5-10(11)15-9-12-13-7-4-8-14-12/h2-8,15H,9H2,1H3. The van der Waals surface area contributed by atoms with Gasteiger partial charge in [-0.05, 0) is 18.2 Å². The minimum atomic E-state index is 0.585. The minimum Gasteiger partial charge on any atom is -0.495 e. The van der Waals surface area contributed by atoms with Crippen LogP contribution in [0.25, 0.3) is 0 Å². The predicted octanol–water partition coefficient (Wildman–Crippen LogP) is 2.10. The smallest absolute Gasteiger partial charge is 0.147 e. The first-order valence-electron chi connectivity index (χ1n) is 5.03. The van der Waals surface area contributed by atoms with Crippen LogP contribution in [0.1, 0.15) is 5.82 Å². The first-order valence-corrected chi connectivity index (χ1v) is 5.03. The van der Waals surface area contributed by atoms with Gasteiger partial charge >= 0.3 is 0 Å². The van der Waals surface area contributed by atoms with Crippen LogP contribution in [0, 0.1) is 0 Å². The number of rotatable bonds is 4. The first kappa shape index (κ1) is 10.4. The Labute approximate surface area is 94.3 Å². The van der Waals surface area contributed by atoms with E-state index in [0.717, 1.165) is 17.3 Å². The third kappa shape index (κ3) is 2.48. The molecule has 0 radical (unpaired) electrons. The van der Waals surface area contributed by atoms with Crippen LogP contribution in [-0.2, 0) is 6.54 Å². The Kier molecular flexibility index (Phi) is 3.33. The van der Waals surface area contributed by atoms with Crippen molar-refractivity contribution in [3.05, 3.63) is 48.5 Å². The molecule has 1 aromatic carbocycles. The summed E-state index contributed by atoms with van der Waals surface area (Å²) in [6.07, 6.45) is 3.46. The van der Waals surface area contributed by atoms with Gasteiger partial charge in [-0.15, -0.1) is 0 Å². The van der Waals surface area contributed by atoms with Gasteiger partial charge in [-0.1, -0.05) is 12.1 Å². The van der Waals surface area contributed by atoms with E-state index in [1.165, 1.54) is 0 Å². The molecule has 0 spiro atoms. The molecule has 0 aliphatic rings. The third-order valence-corrected chi connectivity index (χ3v) is 2.16. The topological polar surface area (TPSA) is 47.0 Å². The Morgan fingerprint density at radius 2 is 1.88 bits per heavy atom. The van der Waals surface area contributed by atoms with E-state index >= 15 is 0 Å². The van der Waals surface area contributed by atoms with Crippen LogP contribution < -0.4 is 10.1 Å². The lowest BCUT2D eigenvalue weighted by molar-refractivity contribution is 0.416. The van der Waals surface area contributed by atoms with E-state index in [-0.39, 0.29) is 0 Å². The molecule has 0 saturated carbocycles. The lowest BCUT2D eigenvalue weighted by Crippen LogP contribution is -2.04. The maximum atomic E-state index is 5.23. The molecule has 0 aliphatic carbocycles. The Morgan fingerprint density at radius 3 is 2.62 bits per heavy atom. The van der Waals surface area contributed by atoms with Gasteiger partial charge in [0.15, 0.2) is 0 Å². The van der Waals surface area contributed by atoms with Gasteiger partial charge in [-0.3, -0.25) is 0 Å². The van der Waals surface area contributed by atoms with Gasteiger partial charge in [0.1, 0.15) is 11.6 Å². The molecule has 2 aromatic rings. The first-order chi connectivity index (χ1) is 7.90. The average Bonchev–Trinajstić information content (AvgIpc) is 2.38. The highest BCUT2D eigenvalue weighted by Crippen LogP contribution is 2.23. The predicted molar refractivity (Wildman–Crippen MR) is 62.4 cm³/mol. The fourth-order valence-electron chi connectivity index (χ4n) is 1.39. The normalized spacial score (nSPS) is 9.81. The van der Waals surface area contributed by atoms with Crippen molar-refractivity contribution in [2.75, 3.05) is 12.4 Å². The Balaban J connectivity index is 2.05. The highest BCUT2D eigenvalue weighted by molar-refractivity contribution is 5.55. The number of hydrogen-bond donors (Lipinski definition) is 1. The molecule has 1 heterocycles. The largest absolute Gasteiger partial charge is 0.495 e. The number of aromatic nitrogens is 2. The summed E-state index contributed by atoms with van der Waals surface area (Å²) >= 11 is 0. The van der Waals surface area contributed by atoms with Crippen molar-refractivity contribution >= 4 is 5.69 Å². The second kappa shape index (κ2) is 5.11. The zero-order valence-corrected chi connectivity index (χ0v) is 9.05. The molecule has 82 valence electrons. The van der Waals surface area contributed by atoms with Crippen LogP contribution in [0.2, 0.25) is 0 Å². The van der Waals surface area contributed by atoms with E-state index in [4.69, 9.17) is 4.74 Å². The molecular formula is C12H13N3O. The van der Waals surface area contributed by atoms with E-state index < -0.39 is 0 Å². The number of nitrogens with zero attached hydrogens (tertiary/aromatic N) is 2. The molecule has 1 aromatic heterocycles. The Morgan fingerprint density at radius 1 is 1.12 bits per heavy atom. The molecule has 1 N–H and O–H groups in total. The number of para-hydroxylation sites is 2. The number of ether oxygens (including phenoxy) is 1. The average molecular weight is 215 g/mol. The van der Waals surface area contributed by atoms with Crippen molar-refractivity contribution in [2.24, 2.45) is 0 Å². The molecule has 0 unspecified atom stereocenters. The summed E-state index contributed by atoms with van der Waals surface area (Å²) in [5.41, 5.74) is 0.942. The van der Waals surface area contributed by atoms with Gasteiger partial charge in [0.25, 0.3) is 0 Å². The van der Waals surface area contributed by atoms with E-state index in [1.807, 2.05) is 24.3 Å². The van der Waals surface area contributed by atoms with Crippen molar-refractivity contribution < 1.29 is 4.74 Å². The second-order valence-corrected chi connectivity index (χ2v) is 3.22. The lowest BCUT2D eigenvalue weighted by Gasteiger charge is -2.09. The summed E-state index contributed by atoms with van der Waals surface area (Å²) in [5, 5.41) is 3.23. The van der Waals surface area contributed by atoms with Crippen LogP contribution in [0.5, 0.6) is 5.75 Å². The van der Waals surface area contributed by atoms with E-state index in [2.05, 4.69) is 15.3 Å². The molecule has 4 heteroatoms. The molecule has 4 nitrogen and oxygen atoms in total. The fraction of sp³-hybridized carbons (Fsp3) is 0.167. The second-order valence-electron chi connectivity index (χ2n) is 3.22. The number of hydrogen-bond acceptors (Lipinski definition) is 4. The van der Waals surface area contributed by atoms with Gasteiger partial charge < -0.3 is 10.1 Å². The number of nitrogens with one attached hydrogen (secondary N) is 1. The van der Waals surface area contributed by atoms with Gasteiger partial charge in [-0.25, -0.2) is 9.97 Å². The van der Waals surface area contributed by atoms with Gasteiger partial charge in [0, 0.05) is 12.4 Å². The summed E-state index contributed by atoms with van der Waals surface area (Å²) in [6.45, 7) is 0.585. The number of anilines is 1. The highest BCUT2D eigenvalue weighted by atomic mass is 16.5. The fourth-order valence-corrected chi connectivity index (χ4v) is 1.39. The van der Waals surface area contributed by atoms with Crippen LogP contribution in [0.4, 0.5) is 5.69 Å². The van der Waals surface area contributed by atoms with E-state index in [1.54, 1.807) is 25.6 Å². The summed E-state index contributed by atoms with van der Waals surface area (Å²) < 4.78 is 5.23. The molecule has 0 aliphatic heterocycles. The zero-order valence-electron chi connectivity index (χ0n) is 9.05. The molecule has 16 heavy (non-hydrogen) atoms. The maximum absolute atomic E-state index is 5.23. The van der Waals surface area contributed by atoms with E-state index in [0.29, 0.717) is 6.54 Å². The summed E-state index contributed by atoms with van der Waals surface area (Å²) in [6, 6.07) is 9.56. The van der Waals surface area contributed by atoms with Crippen molar-refractivity contribution in [2.45, 2.75) is 6.54 Å². The zero-order chi connectivity index (χ0) is 11.2. The lowest BCUT2D eigenvalue weighted by atomic mass is 10.3. The number of benzene rings is 1. The number of methoxy groups -OCH3 is 1. The van der Waals surface area contributed by atoms with Crippen molar-refractivity contribution in [3.63, 3.8) is 0 Å². The van der Waals surface area contributed by atoms with E-state index in [9.17, 15) is 0 Å². The van der Waals surface area contributed by atoms with Crippen LogP contribution in [0.3, 0.4) is 0 Å². The molecular weight excluding hydrogens is 202 g/mol. The molecule has 0 amide bonds. The summed E-state index contributed by atoms with van der Waals surface area (Å²) in [7, 11) is 1.65. The Hall–Kier alpha value is -2.10. The van der Waals surface area contributed by atoms with Gasteiger partial charge in [-0.2, -0.15) is 0 Å². The quantitative estimate of drug-likeness (QED) is 0.848. The van der Waals surface area contributed by atoms with Gasteiger partial charge in [0.2, 0.25) is 0 Å². The van der Waals surface area contributed by atoms with Crippen molar-refractivity contribution in [1.29, 1.82) is 0 Å². The summed E-state index contributed by atoms with van der Waals surface area (Å²) in [5.74, 6) is 1.58. The Bertz CT molecular complexity index is 445. The van der Waals surface area contributed by atoms with Crippen molar-refractivity contribution in [1.82, 2.24) is 9.97 Å². The summed E-state index contributed by atoms with van der Waals surface area (Å²) in [4.78, 5) is 8.27. The highest BCUT2D eigenvalue weighted by Gasteiger charge is 2.01. The van der Waals surface area contributed by atoms with Crippen LogP contribution in [-0.4, -0.2) is 17.1 Å². The monoisotopic (exact) mass is 215 g/mol. The molecule has 0 atom stereocenters. The molecule has 2 rings (SSSR count). The van der Waals surface area contributed by atoms with Crippen LogP contribution in [0.15, 0.2) is 42.7 Å². The maximum Gasteiger partial charge on any atom is 0.147 e. The van der Waals surface area contributed by atoms with Gasteiger partial charge in [0.05, 0.1) is 19.3 Å². The third-order valence-electron chi connectivity index (χ3n) is 2.16. The SMILES string of the molecule is COc1ccccc1NCc1ncccn1. The molecule has 0 fully saturated rings. The van der Waals surface area contributed by atoms with Crippen molar-refractivity contribution in [3.8, 4) is 5.75 Å². The van der Waals surface area contributed by atoms with Crippen LogP contribution >= 0.6 is 0 Å². The molecule has 0 saturated heterocycles. The minimum absolute atomic E-state index is 0.585. The molecule has 0 bridgehead atoms.